The van der Waals surface area contributed by atoms with E-state index in [1.165, 1.54) is 32.1 Å². The van der Waals surface area contributed by atoms with Gasteiger partial charge in [0.25, 0.3) is 0 Å². The SMILES string of the molecule is CCCCCN.CCCCN.CCCN. The molecule has 0 aliphatic heterocycles. The van der Waals surface area contributed by atoms with Gasteiger partial charge in [0.05, 0.1) is 0 Å². The Bertz CT molecular complexity index is 59.9. The lowest BCUT2D eigenvalue weighted by Crippen LogP contribution is -1.96. The van der Waals surface area contributed by atoms with Gasteiger partial charge in [-0.1, -0.05) is 40.0 Å². The zero-order chi connectivity index (χ0) is 12.4. The van der Waals surface area contributed by atoms with Gasteiger partial charge in [-0.2, -0.15) is 0 Å². The molecule has 6 N–H and O–H groups in total. The van der Waals surface area contributed by atoms with Crippen LogP contribution in [0.15, 0.2) is 0 Å². The lowest BCUT2D eigenvalue weighted by molar-refractivity contribution is 0.727. The molecule has 0 aliphatic carbocycles. The second-order valence-electron chi connectivity index (χ2n) is 3.43. The zero-order valence-corrected chi connectivity index (χ0v) is 11.1. The number of hydrogen-bond acceptors (Lipinski definition) is 3. The van der Waals surface area contributed by atoms with Crippen molar-refractivity contribution >= 4 is 0 Å². The average molecular weight is 219 g/mol. The summed E-state index contributed by atoms with van der Waals surface area (Å²) in [5.74, 6) is 0. The average Bonchev–Trinajstić information content (AvgIpc) is 2.28. The molecular formula is C12H33N3. The lowest BCUT2D eigenvalue weighted by Gasteiger charge is -1.86. The maximum atomic E-state index is 5.21. The number of nitrogens with two attached hydrogens (primary N) is 3. The van der Waals surface area contributed by atoms with E-state index < -0.39 is 0 Å². The minimum absolute atomic E-state index is 0.819. The van der Waals surface area contributed by atoms with Gasteiger partial charge in [0.2, 0.25) is 0 Å². The highest BCUT2D eigenvalue weighted by Crippen LogP contribution is 1.88. The topological polar surface area (TPSA) is 78.1 Å². The Kier molecular flexibility index (Phi) is 39.5. The minimum Gasteiger partial charge on any atom is -0.330 e. The Hall–Kier alpha value is -0.120. The largest absolute Gasteiger partial charge is 0.330 e. The van der Waals surface area contributed by atoms with E-state index in [-0.39, 0.29) is 0 Å². The summed E-state index contributed by atoms with van der Waals surface area (Å²) in [6.45, 7) is 8.88. The maximum Gasteiger partial charge on any atom is -0.00773 e. The fraction of sp³-hybridized carbons (Fsp3) is 1.00. The molecule has 3 heteroatoms. The molecule has 15 heavy (non-hydrogen) atoms. The molecule has 0 radical (unpaired) electrons. The smallest absolute Gasteiger partial charge is 0.00773 e. The first-order valence-corrected chi connectivity index (χ1v) is 6.35. The van der Waals surface area contributed by atoms with Gasteiger partial charge in [-0.05, 0) is 38.9 Å². The molecule has 0 aromatic heterocycles. The first-order valence-electron chi connectivity index (χ1n) is 6.35. The molecule has 0 heterocycles. The molecule has 0 fully saturated rings. The van der Waals surface area contributed by atoms with Crippen LogP contribution < -0.4 is 17.2 Å². The van der Waals surface area contributed by atoms with Crippen molar-refractivity contribution in [1.82, 2.24) is 0 Å². The third-order valence-electron chi connectivity index (χ3n) is 1.65. The lowest BCUT2D eigenvalue weighted by atomic mass is 10.3. The van der Waals surface area contributed by atoms with Gasteiger partial charge in [0, 0.05) is 0 Å². The highest BCUT2D eigenvalue weighted by atomic mass is 14.5. The van der Waals surface area contributed by atoms with E-state index in [9.17, 15) is 0 Å². The van der Waals surface area contributed by atoms with Crippen molar-refractivity contribution in [2.75, 3.05) is 19.6 Å². The van der Waals surface area contributed by atoms with Gasteiger partial charge in [-0.15, -0.1) is 0 Å². The van der Waals surface area contributed by atoms with Gasteiger partial charge in [0.1, 0.15) is 0 Å². The summed E-state index contributed by atoms with van der Waals surface area (Å²) in [6.07, 6.45) is 7.24. The van der Waals surface area contributed by atoms with Gasteiger partial charge in [0.15, 0.2) is 0 Å². The Morgan fingerprint density at radius 3 is 1.00 bits per heavy atom. The maximum absolute atomic E-state index is 5.21. The van der Waals surface area contributed by atoms with Crippen LogP contribution in [0.2, 0.25) is 0 Å². The van der Waals surface area contributed by atoms with E-state index >= 15 is 0 Å². The summed E-state index contributed by atoms with van der Waals surface area (Å²) >= 11 is 0. The Morgan fingerprint density at radius 1 is 0.533 bits per heavy atom. The fourth-order valence-electron chi connectivity index (χ4n) is 0.598. The van der Waals surface area contributed by atoms with Crippen LogP contribution >= 0.6 is 0 Å². The number of rotatable bonds is 6. The summed E-state index contributed by atoms with van der Waals surface area (Å²) in [5.41, 5.74) is 15.4. The fourth-order valence-corrected chi connectivity index (χ4v) is 0.598. The van der Waals surface area contributed by atoms with Crippen molar-refractivity contribution in [1.29, 1.82) is 0 Å². The first-order chi connectivity index (χ1) is 7.24. The molecule has 0 saturated heterocycles. The van der Waals surface area contributed by atoms with E-state index in [2.05, 4.69) is 20.8 Å². The molecule has 96 valence electrons. The monoisotopic (exact) mass is 219 g/mol. The molecule has 0 aliphatic rings. The van der Waals surface area contributed by atoms with Crippen LogP contribution in [0.3, 0.4) is 0 Å². The van der Waals surface area contributed by atoms with E-state index in [1.54, 1.807) is 0 Å². The van der Waals surface area contributed by atoms with Crippen LogP contribution in [-0.4, -0.2) is 19.6 Å². The molecule has 0 atom stereocenters. The van der Waals surface area contributed by atoms with Crippen molar-refractivity contribution in [3.05, 3.63) is 0 Å². The summed E-state index contributed by atoms with van der Waals surface area (Å²) < 4.78 is 0. The highest BCUT2D eigenvalue weighted by Gasteiger charge is 1.75. The van der Waals surface area contributed by atoms with Crippen molar-refractivity contribution in [2.45, 2.75) is 59.3 Å². The Morgan fingerprint density at radius 2 is 0.933 bits per heavy atom. The summed E-state index contributed by atoms with van der Waals surface area (Å²) in [5, 5.41) is 0. The molecule has 0 rings (SSSR count). The summed E-state index contributed by atoms with van der Waals surface area (Å²) in [7, 11) is 0. The quantitative estimate of drug-likeness (QED) is 0.599. The standard InChI is InChI=1S/C5H13N.C4H11N.C3H9N/c1-2-3-4-5-6;1-2-3-4-5;1-2-3-4/h2-6H2,1H3;2-5H2,1H3;2-4H2,1H3. The number of hydrogen-bond donors (Lipinski definition) is 3. The summed E-state index contributed by atoms with van der Waals surface area (Å²) in [4.78, 5) is 0. The molecule has 0 aromatic rings. The molecule has 0 unspecified atom stereocenters. The Balaban J connectivity index is -0.000000147. The van der Waals surface area contributed by atoms with Crippen LogP contribution in [0.25, 0.3) is 0 Å². The van der Waals surface area contributed by atoms with Crippen molar-refractivity contribution in [2.24, 2.45) is 17.2 Å². The van der Waals surface area contributed by atoms with E-state index in [0.29, 0.717) is 0 Å². The third-order valence-corrected chi connectivity index (χ3v) is 1.65. The van der Waals surface area contributed by atoms with Crippen LogP contribution in [-0.2, 0) is 0 Å². The Labute approximate surface area is 96.8 Å². The van der Waals surface area contributed by atoms with Gasteiger partial charge < -0.3 is 17.2 Å². The molecular weight excluding hydrogens is 186 g/mol. The molecule has 0 bridgehead atoms. The number of unbranched alkanes of at least 4 members (excludes halogenated alkanes) is 3. The van der Waals surface area contributed by atoms with E-state index in [1.807, 2.05) is 0 Å². The predicted octanol–water partition coefficient (Wildman–Crippen LogP) is 2.24. The van der Waals surface area contributed by atoms with Crippen LogP contribution in [0.5, 0.6) is 0 Å². The normalized spacial score (nSPS) is 8.40. The highest BCUT2D eigenvalue weighted by molar-refractivity contribution is 4.35. The van der Waals surface area contributed by atoms with E-state index in [4.69, 9.17) is 17.2 Å². The van der Waals surface area contributed by atoms with Crippen LogP contribution in [0.4, 0.5) is 0 Å². The van der Waals surface area contributed by atoms with Crippen molar-refractivity contribution < 1.29 is 0 Å². The molecule has 0 spiro atoms. The summed E-state index contributed by atoms with van der Waals surface area (Å²) in [6, 6.07) is 0. The van der Waals surface area contributed by atoms with Crippen molar-refractivity contribution in [3.63, 3.8) is 0 Å². The van der Waals surface area contributed by atoms with Gasteiger partial charge in [-0.25, -0.2) is 0 Å². The molecule has 0 amide bonds. The molecule has 3 nitrogen and oxygen atoms in total. The van der Waals surface area contributed by atoms with Crippen LogP contribution in [0.1, 0.15) is 59.3 Å². The minimum atomic E-state index is 0.819. The predicted molar refractivity (Wildman–Crippen MR) is 71.9 cm³/mol. The first kappa shape index (κ1) is 20.3. The third kappa shape index (κ3) is 56.7. The zero-order valence-electron chi connectivity index (χ0n) is 11.1. The van der Waals surface area contributed by atoms with Crippen molar-refractivity contribution in [3.8, 4) is 0 Å². The second-order valence-corrected chi connectivity index (χ2v) is 3.43. The molecule has 0 aromatic carbocycles. The van der Waals surface area contributed by atoms with Gasteiger partial charge in [-0.3, -0.25) is 0 Å². The van der Waals surface area contributed by atoms with Gasteiger partial charge >= 0.3 is 0 Å². The molecule has 0 saturated carbocycles. The van der Waals surface area contributed by atoms with E-state index in [0.717, 1.165) is 26.1 Å². The second kappa shape index (κ2) is 29.2. The van der Waals surface area contributed by atoms with Crippen LogP contribution in [0, 0.1) is 0 Å².